The third-order valence-corrected chi connectivity index (χ3v) is 7.49. The van der Waals surface area contributed by atoms with E-state index in [1.807, 2.05) is 6.08 Å². The van der Waals surface area contributed by atoms with Gasteiger partial charge in [0, 0.05) is 6.54 Å². The van der Waals surface area contributed by atoms with Gasteiger partial charge in [0.2, 0.25) is 0 Å². The van der Waals surface area contributed by atoms with Gasteiger partial charge >= 0.3 is 13.1 Å². The monoisotopic (exact) mass is 485 g/mol. The zero-order valence-electron chi connectivity index (χ0n) is 22.8. The molecule has 7 heteroatoms. The Morgan fingerprint density at radius 1 is 1.20 bits per heavy atom. The number of hydrogen-bond acceptors (Lipinski definition) is 6. The van der Waals surface area contributed by atoms with E-state index in [1.165, 1.54) is 5.56 Å². The molecule has 1 saturated heterocycles. The van der Waals surface area contributed by atoms with E-state index in [9.17, 15) is 9.90 Å². The van der Waals surface area contributed by atoms with Gasteiger partial charge in [0.05, 0.1) is 17.3 Å². The molecule has 6 nitrogen and oxygen atoms in total. The van der Waals surface area contributed by atoms with Crippen LogP contribution < -0.4 is 10.8 Å². The van der Waals surface area contributed by atoms with Crippen molar-refractivity contribution in [3.63, 3.8) is 0 Å². The second-order valence-electron chi connectivity index (χ2n) is 12.1. The largest absolute Gasteiger partial charge is 0.494 e. The third kappa shape index (κ3) is 6.76. The first kappa shape index (κ1) is 27.9. The number of esters is 1. The highest BCUT2D eigenvalue weighted by Crippen LogP contribution is 2.37. The Balaban J connectivity index is 1.69. The van der Waals surface area contributed by atoms with Gasteiger partial charge in [-0.05, 0) is 82.3 Å². The highest BCUT2D eigenvalue weighted by atomic mass is 16.7. The molecular formula is C28H44BNO5. The lowest BCUT2D eigenvalue weighted by Crippen LogP contribution is -2.46. The van der Waals surface area contributed by atoms with E-state index >= 15 is 0 Å². The number of carbonyl (C=O) groups excluding carboxylic acids is 1. The van der Waals surface area contributed by atoms with Crippen LogP contribution in [0.15, 0.2) is 24.3 Å². The summed E-state index contributed by atoms with van der Waals surface area (Å²) in [6, 6.07) is 5.58. The molecule has 3 rings (SSSR count). The molecule has 0 radical (unpaired) electrons. The standard InChI is InChI=1S/C28H44BNO5/c1-19(31)24(25(32)33-22-13-9-10-14-22)30-17-11-12-20-15-16-21(18-23(20)26(2,3)4)29-34-27(5,6)28(7,8)35-29/h11-12,15-16,18-19,22,24,30-31H,9-10,13-14,17H2,1-8H3/b12-11+/t19-,24+/m1/s1. The van der Waals surface area contributed by atoms with Crippen molar-refractivity contribution in [2.24, 2.45) is 0 Å². The number of nitrogens with one attached hydrogen (secondary N) is 1. The fourth-order valence-corrected chi connectivity index (χ4v) is 4.57. The summed E-state index contributed by atoms with van der Waals surface area (Å²) >= 11 is 0. The van der Waals surface area contributed by atoms with E-state index in [2.05, 4.69) is 78.1 Å². The molecule has 0 aromatic heterocycles. The Kier molecular flexibility index (Phi) is 8.58. The molecule has 2 N–H and O–H groups in total. The van der Waals surface area contributed by atoms with Crippen LogP contribution in [0.25, 0.3) is 6.08 Å². The lowest BCUT2D eigenvalue weighted by Gasteiger charge is -2.32. The molecule has 194 valence electrons. The van der Waals surface area contributed by atoms with Crippen LogP contribution in [0.2, 0.25) is 0 Å². The number of carbonyl (C=O) groups is 1. The van der Waals surface area contributed by atoms with Crippen molar-refractivity contribution in [2.75, 3.05) is 6.54 Å². The van der Waals surface area contributed by atoms with Crippen LogP contribution in [0.5, 0.6) is 0 Å². The number of hydrogen-bond donors (Lipinski definition) is 2. The maximum Gasteiger partial charge on any atom is 0.494 e. The Morgan fingerprint density at radius 3 is 2.34 bits per heavy atom. The van der Waals surface area contributed by atoms with Gasteiger partial charge in [0.15, 0.2) is 0 Å². The maximum absolute atomic E-state index is 12.6. The smallest absolute Gasteiger partial charge is 0.461 e. The van der Waals surface area contributed by atoms with Gasteiger partial charge in [-0.3, -0.25) is 10.1 Å². The Labute approximate surface area is 211 Å². The van der Waals surface area contributed by atoms with Crippen LogP contribution in [0.3, 0.4) is 0 Å². The lowest BCUT2D eigenvalue weighted by molar-refractivity contribution is -0.154. The minimum atomic E-state index is -0.832. The molecule has 1 heterocycles. The molecule has 2 fully saturated rings. The zero-order valence-corrected chi connectivity index (χ0v) is 22.8. The highest BCUT2D eigenvalue weighted by Gasteiger charge is 2.51. The van der Waals surface area contributed by atoms with E-state index in [1.54, 1.807) is 6.92 Å². The number of rotatable bonds is 8. The van der Waals surface area contributed by atoms with E-state index in [0.29, 0.717) is 6.54 Å². The Bertz CT molecular complexity index is 896. The fraction of sp³-hybridized carbons (Fsp3) is 0.679. The number of benzene rings is 1. The molecule has 2 atom stereocenters. The summed E-state index contributed by atoms with van der Waals surface area (Å²) in [5.74, 6) is -0.373. The molecule has 35 heavy (non-hydrogen) atoms. The lowest BCUT2D eigenvalue weighted by atomic mass is 9.74. The van der Waals surface area contributed by atoms with Crippen molar-refractivity contribution >= 4 is 24.6 Å². The molecule has 1 saturated carbocycles. The number of aliphatic hydroxyl groups is 1. The second-order valence-corrected chi connectivity index (χ2v) is 12.1. The summed E-state index contributed by atoms with van der Waals surface area (Å²) in [4.78, 5) is 12.6. The fourth-order valence-electron chi connectivity index (χ4n) is 4.57. The third-order valence-electron chi connectivity index (χ3n) is 7.49. The van der Waals surface area contributed by atoms with Crippen molar-refractivity contribution in [1.29, 1.82) is 0 Å². The average Bonchev–Trinajstić information content (AvgIpc) is 3.31. The van der Waals surface area contributed by atoms with Gasteiger partial charge in [-0.1, -0.05) is 51.1 Å². The van der Waals surface area contributed by atoms with Crippen molar-refractivity contribution in [3.8, 4) is 0 Å². The van der Waals surface area contributed by atoms with Crippen molar-refractivity contribution < 1.29 is 23.9 Å². The van der Waals surface area contributed by atoms with Crippen LogP contribution >= 0.6 is 0 Å². The van der Waals surface area contributed by atoms with Crippen molar-refractivity contribution in [3.05, 3.63) is 35.4 Å². The van der Waals surface area contributed by atoms with Gasteiger partial charge in [-0.25, -0.2) is 0 Å². The molecule has 0 amide bonds. The van der Waals surface area contributed by atoms with Gasteiger partial charge in [0.1, 0.15) is 12.1 Å². The van der Waals surface area contributed by atoms with Gasteiger partial charge < -0.3 is 19.2 Å². The SMILES string of the molecule is C[C@@H](O)[C@H](NC/C=C/c1ccc(B2OC(C)(C)C(C)(C)O2)cc1C(C)(C)C)C(=O)OC1CCCC1. The maximum atomic E-state index is 12.6. The molecule has 1 aliphatic carbocycles. The number of ether oxygens (including phenoxy) is 1. The summed E-state index contributed by atoms with van der Waals surface area (Å²) in [5, 5.41) is 13.3. The summed E-state index contributed by atoms with van der Waals surface area (Å²) in [5.41, 5.74) is 2.44. The van der Waals surface area contributed by atoms with Crippen LogP contribution in [-0.4, -0.2) is 54.2 Å². The van der Waals surface area contributed by atoms with E-state index in [0.717, 1.165) is 36.7 Å². The predicted octanol–water partition coefficient (Wildman–Crippen LogP) is 4.12. The normalized spacial score (nSPS) is 22.0. The topological polar surface area (TPSA) is 77.0 Å². The molecular weight excluding hydrogens is 441 g/mol. The summed E-state index contributed by atoms with van der Waals surface area (Å²) in [7, 11) is -0.404. The molecule has 0 unspecified atom stereocenters. The zero-order chi connectivity index (χ0) is 26.0. The summed E-state index contributed by atoms with van der Waals surface area (Å²) in [6.45, 7) is 16.9. The first-order valence-electron chi connectivity index (χ1n) is 13.0. The quantitative estimate of drug-likeness (QED) is 0.426. The Hall–Kier alpha value is -1.67. The highest BCUT2D eigenvalue weighted by molar-refractivity contribution is 6.62. The van der Waals surface area contributed by atoms with Gasteiger partial charge in [-0.2, -0.15) is 0 Å². The first-order valence-corrected chi connectivity index (χ1v) is 13.0. The molecule has 2 aliphatic rings. The predicted molar refractivity (Wildman–Crippen MR) is 142 cm³/mol. The van der Waals surface area contributed by atoms with Crippen LogP contribution in [0.4, 0.5) is 0 Å². The van der Waals surface area contributed by atoms with Gasteiger partial charge in [-0.15, -0.1) is 0 Å². The summed E-state index contributed by atoms with van der Waals surface area (Å²) < 4.78 is 18.1. The summed E-state index contributed by atoms with van der Waals surface area (Å²) in [6.07, 6.45) is 7.21. The second kappa shape index (κ2) is 10.8. The van der Waals surface area contributed by atoms with E-state index in [-0.39, 0.29) is 28.7 Å². The van der Waals surface area contributed by atoms with Crippen LogP contribution in [-0.2, 0) is 24.3 Å². The average molecular weight is 485 g/mol. The van der Waals surface area contributed by atoms with Crippen molar-refractivity contribution in [2.45, 2.75) is 116 Å². The first-order chi connectivity index (χ1) is 16.2. The van der Waals surface area contributed by atoms with E-state index < -0.39 is 19.3 Å². The van der Waals surface area contributed by atoms with Crippen molar-refractivity contribution in [1.82, 2.24) is 5.32 Å². The Morgan fingerprint density at radius 2 is 1.80 bits per heavy atom. The molecule has 0 bridgehead atoms. The molecule has 1 aliphatic heterocycles. The molecule has 1 aromatic rings. The minimum absolute atomic E-state index is 0.0158. The van der Waals surface area contributed by atoms with E-state index in [4.69, 9.17) is 14.0 Å². The minimum Gasteiger partial charge on any atom is -0.461 e. The molecule has 0 spiro atoms. The van der Waals surface area contributed by atoms with Gasteiger partial charge in [0.25, 0.3) is 0 Å². The number of aliphatic hydroxyl groups excluding tert-OH is 1. The van der Waals surface area contributed by atoms with Crippen LogP contribution in [0, 0.1) is 0 Å². The molecule has 1 aromatic carbocycles. The van der Waals surface area contributed by atoms with Crippen LogP contribution in [0.1, 0.15) is 92.2 Å².